The summed E-state index contributed by atoms with van der Waals surface area (Å²) in [5, 5.41) is 1.99. The highest BCUT2D eigenvalue weighted by atomic mass is 19.3. The summed E-state index contributed by atoms with van der Waals surface area (Å²) in [6, 6.07) is 1.47. The molecule has 0 radical (unpaired) electrons. The van der Waals surface area contributed by atoms with Gasteiger partial charge in [-0.3, -0.25) is 4.79 Å². The quantitative estimate of drug-likeness (QED) is 0.641. The Morgan fingerprint density at radius 1 is 1.17 bits per heavy atom. The highest BCUT2D eigenvalue weighted by Gasteiger charge is 2.22. The van der Waals surface area contributed by atoms with Gasteiger partial charge in [-0.1, -0.05) is 6.07 Å². The van der Waals surface area contributed by atoms with Gasteiger partial charge in [-0.15, -0.1) is 0 Å². The molecule has 23 heavy (non-hydrogen) atoms. The Hall–Kier alpha value is -2.45. The van der Waals surface area contributed by atoms with Crippen LogP contribution in [-0.2, 0) is 9.53 Å². The maximum atomic E-state index is 13.4. The molecule has 0 aliphatic rings. The van der Waals surface area contributed by atoms with E-state index in [0.29, 0.717) is 0 Å². The molecule has 4 nitrogen and oxygen atoms in total. The molecule has 1 aromatic rings. The number of hydrogen-bond acceptors (Lipinski definition) is 3. The number of rotatable bonds is 6. The SMILES string of the molecule is C[C@H](NC(=O)c1c(F)cccc1F)C(=O)OCCC(F)=C(F)F. The van der Waals surface area contributed by atoms with Gasteiger partial charge < -0.3 is 10.1 Å². The van der Waals surface area contributed by atoms with Crippen LogP contribution in [0, 0.1) is 11.6 Å². The molecule has 0 bridgehead atoms. The third kappa shape index (κ3) is 5.35. The van der Waals surface area contributed by atoms with Crippen molar-refractivity contribution in [1.82, 2.24) is 5.32 Å². The molecular formula is C14H12F5NO3. The first kappa shape index (κ1) is 18.6. The van der Waals surface area contributed by atoms with E-state index in [1.165, 1.54) is 0 Å². The molecule has 0 saturated heterocycles. The average Bonchev–Trinajstić information content (AvgIpc) is 2.46. The molecule has 1 rings (SSSR count). The van der Waals surface area contributed by atoms with E-state index in [-0.39, 0.29) is 0 Å². The fourth-order valence-corrected chi connectivity index (χ4v) is 1.50. The van der Waals surface area contributed by atoms with Crippen LogP contribution >= 0.6 is 0 Å². The number of ether oxygens (including phenoxy) is 1. The molecule has 0 aliphatic heterocycles. The van der Waals surface area contributed by atoms with Crippen molar-refractivity contribution < 1.29 is 36.3 Å². The normalized spacial score (nSPS) is 11.6. The summed E-state index contributed by atoms with van der Waals surface area (Å²) >= 11 is 0. The lowest BCUT2D eigenvalue weighted by atomic mass is 10.1. The van der Waals surface area contributed by atoms with Crippen LogP contribution in [-0.4, -0.2) is 24.5 Å². The number of hydrogen-bond donors (Lipinski definition) is 1. The Morgan fingerprint density at radius 2 is 1.74 bits per heavy atom. The van der Waals surface area contributed by atoms with Crippen molar-refractivity contribution in [3.63, 3.8) is 0 Å². The molecule has 0 aromatic heterocycles. The lowest BCUT2D eigenvalue weighted by Crippen LogP contribution is -2.40. The van der Waals surface area contributed by atoms with Crippen LogP contribution in [0.25, 0.3) is 0 Å². The molecule has 0 heterocycles. The summed E-state index contributed by atoms with van der Waals surface area (Å²) in [5.41, 5.74) is -0.874. The Labute approximate surface area is 127 Å². The maximum Gasteiger partial charge on any atom is 0.328 e. The van der Waals surface area contributed by atoms with Gasteiger partial charge in [0.1, 0.15) is 23.2 Å². The zero-order valence-electron chi connectivity index (χ0n) is 11.8. The second-order valence-electron chi connectivity index (χ2n) is 4.37. The van der Waals surface area contributed by atoms with Crippen LogP contribution in [0.5, 0.6) is 0 Å². The van der Waals surface area contributed by atoms with Crippen molar-refractivity contribution in [2.75, 3.05) is 6.61 Å². The summed E-state index contributed by atoms with van der Waals surface area (Å²) < 4.78 is 67.3. The molecule has 1 atom stereocenters. The zero-order chi connectivity index (χ0) is 17.6. The number of benzene rings is 1. The molecule has 0 saturated carbocycles. The van der Waals surface area contributed by atoms with Gasteiger partial charge in [0.15, 0.2) is 5.83 Å². The fourth-order valence-electron chi connectivity index (χ4n) is 1.50. The molecule has 126 valence electrons. The summed E-state index contributed by atoms with van der Waals surface area (Å²) in [5.74, 6) is -6.21. The lowest BCUT2D eigenvalue weighted by Gasteiger charge is -2.13. The molecule has 0 unspecified atom stereocenters. The summed E-state index contributed by atoms with van der Waals surface area (Å²) in [6.07, 6.45) is -3.34. The highest BCUT2D eigenvalue weighted by Crippen LogP contribution is 2.13. The second kappa shape index (κ2) is 8.25. The number of nitrogens with one attached hydrogen (secondary N) is 1. The van der Waals surface area contributed by atoms with Gasteiger partial charge in [-0.2, -0.15) is 8.78 Å². The minimum Gasteiger partial charge on any atom is -0.464 e. The van der Waals surface area contributed by atoms with E-state index in [2.05, 4.69) is 4.74 Å². The van der Waals surface area contributed by atoms with Crippen molar-refractivity contribution in [2.45, 2.75) is 19.4 Å². The van der Waals surface area contributed by atoms with Crippen molar-refractivity contribution >= 4 is 11.9 Å². The third-order valence-electron chi connectivity index (χ3n) is 2.66. The Kier molecular flexibility index (Phi) is 6.67. The fraction of sp³-hybridized carbons (Fsp3) is 0.286. The minimum absolute atomic E-state index is 0.670. The van der Waals surface area contributed by atoms with Gasteiger partial charge in [0.2, 0.25) is 0 Å². The average molecular weight is 337 g/mol. The molecule has 0 fully saturated rings. The third-order valence-corrected chi connectivity index (χ3v) is 2.66. The van der Waals surface area contributed by atoms with Gasteiger partial charge in [-0.05, 0) is 19.1 Å². The van der Waals surface area contributed by atoms with Gasteiger partial charge in [0, 0.05) is 6.42 Å². The van der Waals surface area contributed by atoms with E-state index in [1.54, 1.807) is 0 Å². The van der Waals surface area contributed by atoms with E-state index >= 15 is 0 Å². The summed E-state index contributed by atoms with van der Waals surface area (Å²) in [6.45, 7) is 0.483. The lowest BCUT2D eigenvalue weighted by molar-refractivity contribution is -0.145. The van der Waals surface area contributed by atoms with Crippen LogP contribution in [0.15, 0.2) is 30.1 Å². The smallest absolute Gasteiger partial charge is 0.328 e. The zero-order valence-corrected chi connectivity index (χ0v) is 11.8. The van der Waals surface area contributed by atoms with E-state index < -0.39 is 60.1 Å². The van der Waals surface area contributed by atoms with E-state index in [1.807, 2.05) is 5.32 Å². The van der Waals surface area contributed by atoms with Crippen molar-refractivity contribution in [2.24, 2.45) is 0 Å². The Morgan fingerprint density at radius 3 is 2.26 bits per heavy atom. The molecule has 1 aromatic carbocycles. The highest BCUT2D eigenvalue weighted by molar-refractivity contribution is 5.97. The predicted octanol–water partition coefficient (Wildman–Crippen LogP) is 3.09. The van der Waals surface area contributed by atoms with Crippen molar-refractivity contribution in [3.8, 4) is 0 Å². The second-order valence-corrected chi connectivity index (χ2v) is 4.37. The Balaban J connectivity index is 2.58. The summed E-state index contributed by atoms with van der Waals surface area (Å²) in [7, 11) is 0. The predicted molar refractivity (Wildman–Crippen MR) is 69.2 cm³/mol. The van der Waals surface area contributed by atoms with Gasteiger partial charge in [-0.25, -0.2) is 18.0 Å². The first-order chi connectivity index (χ1) is 10.7. The van der Waals surface area contributed by atoms with E-state index in [4.69, 9.17) is 0 Å². The van der Waals surface area contributed by atoms with Crippen LogP contribution in [0.4, 0.5) is 22.0 Å². The van der Waals surface area contributed by atoms with E-state index in [0.717, 1.165) is 25.1 Å². The van der Waals surface area contributed by atoms with Crippen LogP contribution in [0.3, 0.4) is 0 Å². The molecule has 0 aliphatic carbocycles. The number of esters is 1. The van der Waals surface area contributed by atoms with Crippen molar-refractivity contribution in [3.05, 3.63) is 47.3 Å². The minimum atomic E-state index is -2.52. The molecule has 1 N–H and O–H groups in total. The molecule has 0 spiro atoms. The van der Waals surface area contributed by atoms with Gasteiger partial charge in [0.05, 0.1) is 6.61 Å². The Bertz CT molecular complexity index is 609. The summed E-state index contributed by atoms with van der Waals surface area (Å²) in [4.78, 5) is 23.2. The largest absolute Gasteiger partial charge is 0.464 e. The standard InChI is InChI=1S/C14H12F5NO3/c1-7(14(22)23-6-5-10(17)12(18)19)20-13(21)11-8(15)3-2-4-9(11)16/h2-4,7H,5-6H2,1H3,(H,20,21)/t7-/m0/s1. The van der Waals surface area contributed by atoms with Gasteiger partial charge >= 0.3 is 12.0 Å². The first-order valence-electron chi connectivity index (χ1n) is 6.35. The van der Waals surface area contributed by atoms with Gasteiger partial charge in [0.25, 0.3) is 5.91 Å². The van der Waals surface area contributed by atoms with Crippen LogP contribution < -0.4 is 5.32 Å². The number of amides is 1. The van der Waals surface area contributed by atoms with Crippen molar-refractivity contribution in [1.29, 1.82) is 0 Å². The topological polar surface area (TPSA) is 55.4 Å². The monoisotopic (exact) mass is 337 g/mol. The molecule has 1 amide bonds. The maximum absolute atomic E-state index is 13.4. The van der Waals surface area contributed by atoms with E-state index in [9.17, 15) is 31.5 Å². The van der Waals surface area contributed by atoms with Crippen LogP contribution in [0.2, 0.25) is 0 Å². The van der Waals surface area contributed by atoms with Crippen LogP contribution in [0.1, 0.15) is 23.7 Å². The number of carbonyl (C=O) groups is 2. The molecular weight excluding hydrogens is 325 g/mol. The number of carbonyl (C=O) groups excluding carboxylic acids is 2. The number of halogens is 5. The molecule has 9 heteroatoms. The first-order valence-corrected chi connectivity index (χ1v) is 6.35.